The van der Waals surface area contributed by atoms with E-state index in [4.69, 9.17) is 4.74 Å². The van der Waals surface area contributed by atoms with Gasteiger partial charge in [0, 0.05) is 39.8 Å². The lowest BCUT2D eigenvalue weighted by molar-refractivity contribution is 0.488. The first-order valence-corrected chi connectivity index (χ1v) is 14.3. The van der Waals surface area contributed by atoms with Crippen molar-refractivity contribution < 1.29 is 4.74 Å². The van der Waals surface area contributed by atoms with Gasteiger partial charge in [0.2, 0.25) is 0 Å². The van der Waals surface area contributed by atoms with E-state index in [1.54, 1.807) is 0 Å². The van der Waals surface area contributed by atoms with Crippen LogP contribution >= 0.6 is 0 Å². The molecule has 7 aromatic rings. The van der Waals surface area contributed by atoms with Crippen molar-refractivity contribution in [1.29, 1.82) is 0 Å². The molecule has 3 aliphatic heterocycles. The van der Waals surface area contributed by atoms with Crippen molar-refractivity contribution in [3.63, 3.8) is 0 Å². The van der Waals surface area contributed by atoms with Crippen molar-refractivity contribution in [3.8, 4) is 17.2 Å². The summed E-state index contributed by atoms with van der Waals surface area (Å²) in [7, 11) is 0. The van der Waals surface area contributed by atoms with Gasteiger partial charge in [-0.25, -0.2) is 0 Å². The molecule has 0 atom stereocenters. The smallest absolute Gasteiger partial charge is 0.256 e. The Morgan fingerprint density at radius 1 is 0.537 bits per heavy atom. The average molecular weight is 522 g/mol. The summed E-state index contributed by atoms with van der Waals surface area (Å²) in [5, 5.41) is 2.59. The molecule has 0 fully saturated rings. The molecule has 1 aromatic heterocycles. The highest BCUT2D eigenvalue weighted by Crippen LogP contribution is 2.48. The van der Waals surface area contributed by atoms with Gasteiger partial charge in [0.15, 0.2) is 0 Å². The normalized spacial score (nSPS) is 13.9. The summed E-state index contributed by atoms with van der Waals surface area (Å²) in [6, 6.07) is 46.3. The number of hydrogen-bond donors (Lipinski definition) is 0. The van der Waals surface area contributed by atoms with Gasteiger partial charge in [-0.1, -0.05) is 91.0 Å². The summed E-state index contributed by atoms with van der Waals surface area (Å²) in [5.41, 5.74) is 13.7. The Bertz CT molecular complexity index is 2200. The summed E-state index contributed by atoms with van der Waals surface area (Å²) in [6.07, 6.45) is 0.931. The van der Waals surface area contributed by atoms with Crippen molar-refractivity contribution in [2.24, 2.45) is 0 Å². The van der Waals surface area contributed by atoms with Crippen molar-refractivity contribution in [3.05, 3.63) is 139 Å². The molecule has 0 unspecified atom stereocenters. The molecule has 0 saturated heterocycles. The van der Waals surface area contributed by atoms with Crippen LogP contribution in [0.4, 0.5) is 17.1 Å². The largest absolute Gasteiger partial charge is 0.456 e. The zero-order valence-corrected chi connectivity index (χ0v) is 22.2. The minimum atomic E-state index is 0.0840. The zero-order chi connectivity index (χ0) is 26.7. The fourth-order valence-corrected chi connectivity index (χ4v) is 7.63. The Labute approximate surface area is 237 Å². The number of anilines is 3. The fourth-order valence-electron chi connectivity index (χ4n) is 7.63. The van der Waals surface area contributed by atoms with Crippen LogP contribution < -0.4 is 26.0 Å². The number of benzene rings is 6. The molecular formula is C37H23BN2O. The van der Waals surface area contributed by atoms with E-state index in [1.165, 1.54) is 66.4 Å². The van der Waals surface area contributed by atoms with Crippen molar-refractivity contribution in [2.45, 2.75) is 6.42 Å². The number of ether oxygens (including phenoxy) is 1. The van der Waals surface area contributed by atoms with Crippen LogP contribution in [0.5, 0.6) is 11.5 Å². The number of nitrogens with zero attached hydrogens (tertiary/aromatic N) is 2. The topological polar surface area (TPSA) is 17.4 Å². The van der Waals surface area contributed by atoms with Crippen molar-refractivity contribution >= 4 is 62.0 Å². The maximum Gasteiger partial charge on any atom is 0.256 e. The predicted molar refractivity (Wildman–Crippen MR) is 169 cm³/mol. The van der Waals surface area contributed by atoms with E-state index in [-0.39, 0.29) is 6.71 Å². The van der Waals surface area contributed by atoms with E-state index in [2.05, 4.69) is 137 Å². The van der Waals surface area contributed by atoms with Crippen LogP contribution in [0.1, 0.15) is 11.1 Å². The van der Waals surface area contributed by atoms with Crippen LogP contribution in [0.3, 0.4) is 0 Å². The highest BCUT2D eigenvalue weighted by atomic mass is 16.5. The van der Waals surface area contributed by atoms with Gasteiger partial charge in [-0.15, -0.1) is 0 Å². The van der Waals surface area contributed by atoms with Crippen molar-refractivity contribution in [1.82, 2.24) is 4.57 Å². The molecule has 4 heteroatoms. The van der Waals surface area contributed by atoms with E-state index in [9.17, 15) is 0 Å². The van der Waals surface area contributed by atoms with Gasteiger partial charge < -0.3 is 14.2 Å². The second kappa shape index (κ2) is 7.70. The van der Waals surface area contributed by atoms with Crippen LogP contribution in [-0.4, -0.2) is 11.3 Å². The molecule has 4 heterocycles. The second-order valence-corrected chi connectivity index (χ2v) is 11.3. The first kappa shape index (κ1) is 21.6. The van der Waals surface area contributed by atoms with Crippen molar-refractivity contribution in [2.75, 3.05) is 4.90 Å². The third-order valence-electron chi connectivity index (χ3n) is 9.24. The van der Waals surface area contributed by atoms with Gasteiger partial charge in [0.25, 0.3) is 6.71 Å². The van der Waals surface area contributed by atoms with Crippen LogP contribution in [-0.2, 0) is 6.42 Å². The molecule has 0 aliphatic carbocycles. The third-order valence-corrected chi connectivity index (χ3v) is 9.24. The number of rotatable bonds is 1. The van der Waals surface area contributed by atoms with Crippen LogP contribution in [0.25, 0.3) is 27.5 Å². The lowest BCUT2D eigenvalue weighted by Crippen LogP contribution is -2.58. The summed E-state index contributed by atoms with van der Waals surface area (Å²) in [6.45, 7) is 0.0840. The molecule has 0 saturated carbocycles. The molecule has 41 heavy (non-hydrogen) atoms. The Hall–Kier alpha value is -5.22. The Morgan fingerprint density at radius 3 is 2.02 bits per heavy atom. The summed E-state index contributed by atoms with van der Waals surface area (Å²) >= 11 is 0. The highest BCUT2D eigenvalue weighted by molar-refractivity contribution is 6.99. The number of fused-ring (bicyclic) bond motifs is 9. The Morgan fingerprint density at radius 2 is 1.17 bits per heavy atom. The number of para-hydroxylation sites is 5. The van der Waals surface area contributed by atoms with E-state index in [1.807, 2.05) is 0 Å². The van der Waals surface area contributed by atoms with Gasteiger partial charge >= 0.3 is 0 Å². The molecule has 0 amide bonds. The Balaban J connectivity index is 1.29. The average Bonchev–Trinajstić information content (AvgIpc) is 3.37. The van der Waals surface area contributed by atoms with E-state index in [0.29, 0.717) is 0 Å². The predicted octanol–water partition coefficient (Wildman–Crippen LogP) is 7.09. The fraction of sp³-hybridized carbons (Fsp3) is 0.0270. The van der Waals surface area contributed by atoms with Crippen LogP contribution in [0, 0.1) is 0 Å². The molecule has 0 radical (unpaired) electrons. The molecule has 6 aromatic carbocycles. The molecule has 3 aliphatic rings. The maximum atomic E-state index is 6.98. The lowest BCUT2D eigenvalue weighted by atomic mass is 9.34. The van der Waals surface area contributed by atoms with Crippen LogP contribution in [0.15, 0.2) is 127 Å². The molecule has 0 spiro atoms. The first-order chi connectivity index (χ1) is 20.4. The third kappa shape index (κ3) is 2.70. The standard InChI is InChI=1S/C37H23BN2O/c1-4-16-29-23(10-1)22-24-11-2-5-17-30(24)39(29)33-20-8-15-28-37(33)41-34-21-9-19-32-35(34)38(28)27-14-7-13-26-25-12-3-6-18-31(25)40(32)36(26)27/h1-21H,22H2. The van der Waals surface area contributed by atoms with Gasteiger partial charge in [-0.3, -0.25) is 0 Å². The monoisotopic (exact) mass is 522 g/mol. The minimum absolute atomic E-state index is 0.0840. The van der Waals surface area contributed by atoms with Gasteiger partial charge in [0.05, 0.1) is 11.2 Å². The summed E-state index contributed by atoms with van der Waals surface area (Å²) in [5.74, 6) is 1.88. The zero-order valence-electron chi connectivity index (χ0n) is 22.2. The molecule has 190 valence electrons. The molecular weight excluding hydrogens is 499 g/mol. The van der Waals surface area contributed by atoms with Gasteiger partial charge in [-0.05, 0) is 63.9 Å². The Kier molecular flexibility index (Phi) is 4.06. The molecule has 3 nitrogen and oxygen atoms in total. The minimum Gasteiger partial charge on any atom is -0.456 e. The first-order valence-electron chi connectivity index (χ1n) is 14.3. The SMILES string of the molecule is c1ccc2c(c1)Cc1ccccc1N2c1cccc2c1Oc1cccc3c1B2c1cccc2c4ccccc4n-3c12. The van der Waals surface area contributed by atoms with Gasteiger partial charge in [0.1, 0.15) is 11.5 Å². The molecule has 0 N–H and O–H groups in total. The highest BCUT2D eigenvalue weighted by Gasteiger charge is 2.41. The summed E-state index contributed by atoms with van der Waals surface area (Å²) in [4.78, 5) is 2.41. The van der Waals surface area contributed by atoms with E-state index < -0.39 is 0 Å². The van der Waals surface area contributed by atoms with E-state index >= 15 is 0 Å². The summed E-state index contributed by atoms with van der Waals surface area (Å²) < 4.78 is 9.43. The van der Waals surface area contributed by atoms with E-state index in [0.717, 1.165) is 23.6 Å². The quantitative estimate of drug-likeness (QED) is 0.214. The number of aromatic nitrogens is 1. The maximum absolute atomic E-state index is 6.98. The lowest BCUT2D eigenvalue weighted by Gasteiger charge is -2.38. The van der Waals surface area contributed by atoms with Gasteiger partial charge in [-0.2, -0.15) is 0 Å². The second-order valence-electron chi connectivity index (χ2n) is 11.3. The number of hydrogen-bond acceptors (Lipinski definition) is 2. The molecule has 0 bridgehead atoms. The molecule has 10 rings (SSSR count). The van der Waals surface area contributed by atoms with Crippen LogP contribution in [0.2, 0.25) is 0 Å².